The van der Waals surface area contributed by atoms with Gasteiger partial charge in [0, 0.05) is 16.8 Å². The molecule has 3 aromatic carbocycles. The second kappa shape index (κ2) is 5.13. The smallest absolute Gasteiger partial charge is 0.173 e. The van der Waals surface area contributed by atoms with E-state index in [0.29, 0.717) is 17.2 Å². The van der Waals surface area contributed by atoms with Crippen molar-refractivity contribution in [2.75, 3.05) is 7.11 Å². The van der Waals surface area contributed by atoms with Gasteiger partial charge < -0.3 is 14.6 Å². The lowest BCUT2D eigenvalue weighted by atomic mass is 10.1. The maximum atomic E-state index is 10.1. The molecule has 0 amide bonds. The maximum Gasteiger partial charge on any atom is 0.173 e. The molecule has 0 atom stereocenters. The normalized spacial score (nSPS) is 10.4. The fourth-order valence-corrected chi connectivity index (χ4v) is 2.21. The molecule has 3 heteroatoms. The quantitative estimate of drug-likeness (QED) is 0.766. The van der Waals surface area contributed by atoms with Gasteiger partial charge in [0.15, 0.2) is 11.5 Å². The van der Waals surface area contributed by atoms with Crippen molar-refractivity contribution in [1.29, 1.82) is 0 Å². The number of hydrogen-bond acceptors (Lipinski definition) is 3. The fourth-order valence-electron chi connectivity index (χ4n) is 2.21. The predicted molar refractivity (Wildman–Crippen MR) is 78.7 cm³/mol. The molecule has 100 valence electrons. The lowest BCUT2D eigenvalue weighted by molar-refractivity contribution is 0.380. The van der Waals surface area contributed by atoms with Crippen molar-refractivity contribution in [3.05, 3.63) is 60.7 Å². The lowest BCUT2D eigenvalue weighted by Crippen LogP contribution is -1.92. The van der Waals surface area contributed by atoms with Gasteiger partial charge in [-0.15, -0.1) is 0 Å². The summed E-state index contributed by atoms with van der Waals surface area (Å²) < 4.78 is 11.3. The number of methoxy groups -OCH3 is 1. The number of phenolic OH excluding ortho intramolecular Hbond substituents is 1. The molecule has 0 aliphatic rings. The van der Waals surface area contributed by atoms with Crippen molar-refractivity contribution < 1.29 is 14.6 Å². The highest BCUT2D eigenvalue weighted by Crippen LogP contribution is 2.42. The zero-order valence-corrected chi connectivity index (χ0v) is 11.0. The average Bonchev–Trinajstić information content (AvgIpc) is 2.49. The number of benzene rings is 3. The third kappa shape index (κ3) is 2.14. The topological polar surface area (TPSA) is 38.7 Å². The van der Waals surface area contributed by atoms with Crippen LogP contribution in [0.4, 0.5) is 0 Å². The Bertz CT molecular complexity index is 736. The molecule has 0 bridgehead atoms. The number of ether oxygens (including phenoxy) is 2. The van der Waals surface area contributed by atoms with Gasteiger partial charge in [-0.3, -0.25) is 0 Å². The Morgan fingerprint density at radius 1 is 0.850 bits per heavy atom. The molecule has 0 aliphatic carbocycles. The molecule has 1 N–H and O–H groups in total. The number of aromatic hydroxyl groups is 1. The van der Waals surface area contributed by atoms with Crippen LogP contribution in [0.15, 0.2) is 60.7 Å². The minimum atomic E-state index is 0.173. The van der Waals surface area contributed by atoms with Crippen LogP contribution in [0.25, 0.3) is 10.8 Å². The first-order chi connectivity index (χ1) is 9.79. The van der Waals surface area contributed by atoms with Crippen molar-refractivity contribution in [2.45, 2.75) is 0 Å². The van der Waals surface area contributed by atoms with E-state index in [1.54, 1.807) is 13.2 Å². The molecular weight excluding hydrogens is 252 g/mol. The maximum absolute atomic E-state index is 10.1. The molecule has 0 fully saturated rings. The van der Waals surface area contributed by atoms with Gasteiger partial charge in [0.1, 0.15) is 11.5 Å². The van der Waals surface area contributed by atoms with Gasteiger partial charge in [0.25, 0.3) is 0 Å². The number of phenols is 1. The molecular formula is C17H14O3. The van der Waals surface area contributed by atoms with Gasteiger partial charge >= 0.3 is 0 Å². The van der Waals surface area contributed by atoms with Crippen molar-refractivity contribution in [3.63, 3.8) is 0 Å². The first-order valence-electron chi connectivity index (χ1n) is 6.31. The summed E-state index contributed by atoms with van der Waals surface area (Å²) in [4.78, 5) is 0. The van der Waals surface area contributed by atoms with Crippen LogP contribution in [0, 0.1) is 0 Å². The number of fused-ring (bicyclic) bond motifs is 1. The highest BCUT2D eigenvalue weighted by molar-refractivity contribution is 5.95. The van der Waals surface area contributed by atoms with Crippen LogP contribution in [-0.4, -0.2) is 12.2 Å². The van der Waals surface area contributed by atoms with Gasteiger partial charge in [-0.2, -0.15) is 0 Å². The highest BCUT2D eigenvalue weighted by Gasteiger charge is 2.13. The summed E-state index contributed by atoms with van der Waals surface area (Å²) in [6.45, 7) is 0. The largest absolute Gasteiger partial charge is 0.507 e. The zero-order valence-electron chi connectivity index (χ0n) is 11.0. The molecule has 0 heterocycles. The second-order valence-electron chi connectivity index (χ2n) is 4.39. The Labute approximate surface area is 117 Å². The molecule has 0 aromatic heterocycles. The molecule has 0 aliphatic heterocycles. The third-order valence-corrected chi connectivity index (χ3v) is 3.11. The highest BCUT2D eigenvalue weighted by atomic mass is 16.5. The molecule has 20 heavy (non-hydrogen) atoms. The summed E-state index contributed by atoms with van der Waals surface area (Å²) in [5.41, 5.74) is 0. The van der Waals surface area contributed by atoms with Crippen molar-refractivity contribution in [2.24, 2.45) is 0 Å². The van der Waals surface area contributed by atoms with Crippen molar-refractivity contribution in [3.8, 4) is 23.0 Å². The van der Waals surface area contributed by atoms with E-state index >= 15 is 0 Å². The van der Waals surface area contributed by atoms with Crippen LogP contribution in [0.5, 0.6) is 23.0 Å². The summed E-state index contributed by atoms with van der Waals surface area (Å²) in [5, 5.41) is 11.7. The molecule has 3 rings (SSSR count). The Hall–Kier alpha value is -2.68. The van der Waals surface area contributed by atoms with E-state index < -0.39 is 0 Å². The van der Waals surface area contributed by atoms with Gasteiger partial charge in [0.05, 0.1) is 7.11 Å². The lowest BCUT2D eigenvalue weighted by Gasteiger charge is -2.14. The van der Waals surface area contributed by atoms with E-state index in [1.165, 1.54) is 0 Å². The summed E-state index contributed by atoms with van der Waals surface area (Å²) in [7, 11) is 1.59. The van der Waals surface area contributed by atoms with Crippen LogP contribution in [0.1, 0.15) is 0 Å². The van der Waals surface area contributed by atoms with E-state index in [4.69, 9.17) is 9.47 Å². The molecule has 0 saturated heterocycles. The van der Waals surface area contributed by atoms with Gasteiger partial charge in [0.2, 0.25) is 0 Å². The van der Waals surface area contributed by atoms with Gasteiger partial charge in [-0.1, -0.05) is 42.5 Å². The Morgan fingerprint density at radius 3 is 2.20 bits per heavy atom. The summed E-state index contributed by atoms with van der Waals surface area (Å²) in [6, 6.07) is 18.5. The van der Waals surface area contributed by atoms with Crippen molar-refractivity contribution >= 4 is 10.8 Å². The Balaban J connectivity index is 2.15. The number of para-hydroxylation sites is 1. The van der Waals surface area contributed by atoms with Gasteiger partial charge in [-0.05, 0) is 12.1 Å². The first-order valence-corrected chi connectivity index (χ1v) is 6.31. The van der Waals surface area contributed by atoms with E-state index in [-0.39, 0.29) is 5.75 Å². The van der Waals surface area contributed by atoms with Crippen molar-refractivity contribution in [1.82, 2.24) is 0 Å². The minimum Gasteiger partial charge on any atom is -0.507 e. The number of hydrogen-bond donors (Lipinski definition) is 1. The molecule has 0 spiro atoms. The van der Waals surface area contributed by atoms with Gasteiger partial charge in [-0.25, -0.2) is 0 Å². The average molecular weight is 266 g/mol. The number of rotatable bonds is 3. The predicted octanol–water partition coefficient (Wildman–Crippen LogP) is 4.35. The standard InChI is InChI=1S/C17H14O3/c1-19-17-14-10-6-5-9-13(14)15(18)11-16(17)20-12-7-3-2-4-8-12/h2-11,18H,1H3. The Morgan fingerprint density at radius 2 is 1.50 bits per heavy atom. The summed E-state index contributed by atoms with van der Waals surface area (Å²) in [6.07, 6.45) is 0. The van der Waals surface area contributed by atoms with E-state index in [1.807, 2.05) is 54.6 Å². The van der Waals surface area contributed by atoms with Crippen LogP contribution in [-0.2, 0) is 0 Å². The molecule has 0 saturated carbocycles. The molecule has 3 aromatic rings. The second-order valence-corrected chi connectivity index (χ2v) is 4.39. The molecule has 3 nitrogen and oxygen atoms in total. The summed E-state index contributed by atoms with van der Waals surface area (Å²) in [5.74, 6) is 1.98. The minimum absolute atomic E-state index is 0.173. The molecule has 0 unspecified atom stereocenters. The Kier molecular flexibility index (Phi) is 3.17. The molecule has 0 radical (unpaired) electrons. The summed E-state index contributed by atoms with van der Waals surface area (Å²) >= 11 is 0. The van der Waals surface area contributed by atoms with E-state index in [2.05, 4.69) is 0 Å². The van der Waals surface area contributed by atoms with Crippen LogP contribution in [0.3, 0.4) is 0 Å². The van der Waals surface area contributed by atoms with Crippen LogP contribution in [0.2, 0.25) is 0 Å². The monoisotopic (exact) mass is 266 g/mol. The van der Waals surface area contributed by atoms with Crippen LogP contribution >= 0.6 is 0 Å². The van der Waals surface area contributed by atoms with E-state index in [0.717, 1.165) is 10.8 Å². The SMILES string of the molecule is COc1c(Oc2ccccc2)cc(O)c2ccccc12. The zero-order chi connectivity index (χ0) is 13.9. The fraction of sp³-hybridized carbons (Fsp3) is 0.0588. The van der Waals surface area contributed by atoms with E-state index in [9.17, 15) is 5.11 Å². The first kappa shape index (κ1) is 12.4. The third-order valence-electron chi connectivity index (χ3n) is 3.11. The van der Waals surface area contributed by atoms with Crippen LogP contribution < -0.4 is 9.47 Å².